The third-order valence-electron chi connectivity index (χ3n) is 5.03. The third kappa shape index (κ3) is 2.81. The van der Waals surface area contributed by atoms with Crippen LogP contribution in [0.3, 0.4) is 0 Å². The van der Waals surface area contributed by atoms with E-state index in [2.05, 4.69) is 10.1 Å². The van der Waals surface area contributed by atoms with Crippen LogP contribution in [0.15, 0.2) is 22.7 Å². The summed E-state index contributed by atoms with van der Waals surface area (Å²) in [4.78, 5) is 18.6. The Morgan fingerprint density at radius 1 is 1.33 bits per heavy atom. The number of benzene rings is 1. The first-order chi connectivity index (χ1) is 11.7. The number of carbonyl (C=O) groups excluding carboxylic acids is 1. The van der Waals surface area contributed by atoms with Gasteiger partial charge in [-0.2, -0.15) is 4.98 Å². The Morgan fingerprint density at radius 2 is 2.17 bits per heavy atom. The van der Waals surface area contributed by atoms with Crippen molar-refractivity contribution >= 4 is 11.6 Å². The molecule has 0 spiro atoms. The van der Waals surface area contributed by atoms with Crippen molar-refractivity contribution in [1.82, 2.24) is 10.1 Å². The van der Waals surface area contributed by atoms with Gasteiger partial charge in [-0.15, -0.1) is 0 Å². The molecule has 2 aliphatic rings. The summed E-state index contributed by atoms with van der Waals surface area (Å²) >= 11 is 0. The first kappa shape index (κ1) is 15.3. The highest BCUT2D eigenvalue weighted by molar-refractivity contribution is 5.95. The van der Waals surface area contributed by atoms with Crippen molar-refractivity contribution in [1.29, 1.82) is 0 Å². The van der Waals surface area contributed by atoms with Crippen LogP contribution < -0.4 is 4.90 Å². The molecule has 0 saturated heterocycles. The highest BCUT2D eigenvalue weighted by Crippen LogP contribution is 2.33. The Balaban J connectivity index is 1.39. The Bertz CT molecular complexity index is 752. The Hall–Kier alpha value is -2.24. The zero-order valence-electron chi connectivity index (χ0n) is 13.5. The molecule has 24 heavy (non-hydrogen) atoms. The van der Waals surface area contributed by atoms with E-state index in [9.17, 15) is 9.18 Å². The van der Waals surface area contributed by atoms with Crippen LogP contribution in [0, 0.1) is 5.82 Å². The second-order valence-electron chi connectivity index (χ2n) is 6.56. The summed E-state index contributed by atoms with van der Waals surface area (Å²) in [6.45, 7) is 0.534. The molecule has 0 unspecified atom stereocenters. The number of hydrogen-bond acceptors (Lipinski definition) is 4. The number of anilines is 1. The van der Waals surface area contributed by atoms with E-state index in [1.807, 2.05) is 0 Å². The molecule has 1 amide bonds. The number of hydrogen-bond donors (Lipinski definition) is 0. The molecule has 4 rings (SSSR count). The minimum Gasteiger partial charge on any atom is -0.339 e. The number of amides is 1. The molecule has 1 fully saturated rings. The van der Waals surface area contributed by atoms with E-state index in [-0.39, 0.29) is 11.7 Å². The second kappa shape index (κ2) is 6.34. The average molecular weight is 329 g/mol. The molecule has 1 aliphatic carbocycles. The minimum atomic E-state index is -0.235. The van der Waals surface area contributed by atoms with E-state index in [1.165, 1.54) is 18.9 Å². The summed E-state index contributed by atoms with van der Waals surface area (Å²) in [5, 5.41) is 4.06. The van der Waals surface area contributed by atoms with Crippen LogP contribution in [0.4, 0.5) is 10.1 Å². The SMILES string of the molecule is O=C(CCc1nc(C2CCCC2)no1)N1CCc2c(F)cccc21. The van der Waals surface area contributed by atoms with Crippen molar-refractivity contribution in [2.75, 3.05) is 11.4 Å². The van der Waals surface area contributed by atoms with Crippen LogP contribution in [0.25, 0.3) is 0 Å². The average Bonchev–Trinajstić information content (AvgIpc) is 3.31. The van der Waals surface area contributed by atoms with Crippen LogP contribution in [0.2, 0.25) is 0 Å². The molecular formula is C18H20FN3O2. The van der Waals surface area contributed by atoms with Crippen LogP contribution in [0.1, 0.15) is 55.3 Å². The number of aromatic nitrogens is 2. The first-order valence-electron chi connectivity index (χ1n) is 8.62. The van der Waals surface area contributed by atoms with Gasteiger partial charge in [0, 0.05) is 36.6 Å². The van der Waals surface area contributed by atoms with Crippen molar-refractivity contribution in [3.05, 3.63) is 41.3 Å². The van der Waals surface area contributed by atoms with Gasteiger partial charge < -0.3 is 9.42 Å². The fourth-order valence-electron chi connectivity index (χ4n) is 3.72. The highest BCUT2D eigenvalue weighted by atomic mass is 19.1. The molecule has 0 radical (unpaired) electrons. The zero-order chi connectivity index (χ0) is 16.5. The molecule has 1 saturated carbocycles. The maximum absolute atomic E-state index is 13.8. The van der Waals surface area contributed by atoms with Crippen LogP contribution >= 0.6 is 0 Å². The van der Waals surface area contributed by atoms with Gasteiger partial charge in [0.2, 0.25) is 11.8 Å². The quantitative estimate of drug-likeness (QED) is 0.863. The molecule has 126 valence electrons. The van der Waals surface area contributed by atoms with Crippen molar-refractivity contribution < 1.29 is 13.7 Å². The molecule has 2 heterocycles. The lowest BCUT2D eigenvalue weighted by Gasteiger charge is -2.16. The zero-order valence-corrected chi connectivity index (χ0v) is 13.5. The predicted octanol–water partition coefficient (Wildman–Crippen LogP) is 3.39. The van der Waals surface area contributed by atoms with Crippen LogP contribution in [0.5, 0.6) is 0 Å². The van der Waals surface area contributed by atoms with Crippen LogP contribution in [-0.4, -0.2) is 22.6 Å². The molecule has 6 heteroatoms. The molecule has 2 aromatic rings. The Kier molecular flexibility index (Phi) is 4.04. The maximum atomic E-state index is 13.8. The smallest absolute Gasteiger partial charge is 0.227 e. The Labute approximate surface area is 139 Å². The monoisotopic (exact) mass is 329 g/mol. The number of aryl methyl sites for hydroxylation is 1. The predicted molar refractivity (Wildman–Crippen MR) is 86.3 cm³/mol. The lowest BCUT2D eigenvalue weighted by molar-refractivity contribution is -0.118. The van der Waals surface area contributed by atoms with E-state index in [1.54, 1.807) is 17.0 Å². The normalized spacial score (nSPS) is 17.5. The standard InChI is InChI=1S/C18H20FN3O2/c19-14-6-3-7-15-13(14)10-11-22(15)17(23)9-8-16-20-18(21-24-16)12-4-1-2-5-12/h3,6-7,12H,1-2,4-5,8-11H2. The highest BCUT2D eigenvalue weighted by Gasteiger charge is 2.27. The lowest BCUT2D eigenvalue weighted by Crippen LogP contribution is -2.29. The number of nitrogens with zero attached hydrogens (tertiary/aromatic N) is 3. The van der Waals surface area contributed by atoms with Gasteiger partial charge in [0.25, 0.3) is 0 Å². The van der Waals surface area contributed by atoms with Gasteiger partial charge in [0.05, 0.1) is 0 Å². The third-order valence-corrected chi connectivity index (χ3v) is 5.03. The summed E-state index contributed by atoms with van der Waals surface area (Å²) in [6.07, 6.45) is 5.97. The summed E-state index contributed by atoms with van der Waals surface area (Å²) < 4.78 is 19.0. The molecule has 5 nitrogen and oxygen atoms in total. The van der Waals surface area contributed by atoms with Crippen LogP contribution in [-0.2, 0) is 17.6 Å². The fourth-order valence-corrected chi connectivity index (χ4v) is 3.72. The van der Waals surface area contributed by atoms with Gasteiger partial charge >= 0.3 is 0 Å². The number of carbonyl (C=O) groups is 1. The van der Waals surface area contributed by atoms with Crippen molar-refractivity contribution in [2.24, 2.45) is 0 Å². The van der Waals surface area contributed by atoms with Crippen molar-refractivity contribution in [3.63, 3.8) is 0 Å². The fraction of sp³-hybridized carbons (Fsp3) is 0.500. The van der Waals surface area contributed by atoms with Gasteiger partial charge in [0.1, 0.15) is 5.82 Å². The topological polar surface area (TPSA) is 59.2 Å². The second-order valence-corrected chi connectivity index (χ2v) is 6.56. The van der Waals surface area contributed by atoms with E-state index in [0.717, 1.165) is 18.7 Å². The largest absolute Gasteiger partial charge is 0.339 e. The van der Waals surface area contributed by atoms with Crippen molar-refractivity contribution in [2.45, 2.75) is 50.9 Å². The van der Waals surface area contributed by atoms with Gasteiger partial charge in [-0.3, -0.25) is 4.79 Å². The summed E-state index contributed by atoms with van der Waals surface area (Å²) in [5.74, 6) is 1.44. The van der Waals surface area contributed by atoms with E-state index >= 15 is 0 Å². The lowest BCUT2D eigenvalue weighted by atomic mass is 10.1. The maximum Gasteiger partial charge on any atom is 0.227 e. The van der Waals surface area contributed by atoms with Gasteiger partial charge in [-0.25, -0.2) is 4.39 Å². The molecule has 1 aromatic carbocycles. The molecule has 0 atom stereocenters. The molecule has 0 N–H and O–H groups in total. The Morgan fingerprint density at radius 3 is 3.00 bits per heavy atom. The van der Waals surface area contributed by atoms with Gasteiger partial charge in [-0.05, 0) is 31.4 Å². The van der Waals surface area contributed by atoms with Gasteiger partial charge in [-0.1, -0.05) is 24.1 Å². The van der Waals surface area contributed by atoms with E-state index in [0.29, 0.717) is 48.9 Å². The number of rotatable bonds is 4. The number of fused-ring (bicyclic) bond motifs is 1. The summed E-state index contributed by atoms with van der Waals surface area (Å²) in [6, 6.07) is 4.88. The molecule has 1 aliphatic heterocycles. The van der Waals surface area contributed by atoms with E-state index < -0.39 is 0 Å². The molecule has 1 aromatic heterocycles. The van der Waals surface area contributed by atoms with E-state index in [4.69, 9.17) is 4.52 Å². The molecular weight excluding hydrogens is 309 g/mol. The number of halogens is 1. The summed E-state index contributed by atoms with van der Waals surface area (Å²) in [5.41, 5.74) is 1.32. The minimum absolute atomic E-state index is 0.0278. The first-order valence-corrected chi connectivity index (χ1v) is 8.62. The summed E-state index contributed by atoms with van der Waals surface area (Å²) in [7, 11) is 0. The van der Waals surface area contributed by atoms with Gasteiger partial charge in [0.15, 0.2) is 5.82 Å². The molecule has 0 bridgehead atoms. The van der Waals surface area contributed by atoms with Crippen molar-refractivity contribution in [3.8, 4) is 0 Å².